The Bertz CT molecular complexity index is 944. The molecule has 0 unspecified atom stereocenters. The fraction of sp³-hybridized carbons (Fsp3) is 0.318. The summed E-state index contributed by atoms with van der Waals surface area (Å²) in [6, 6.07) is 12.8. The van der Waals surface area contributed by atoms with Crippen LogP contribution in [0.15, 0.2) is 42.5 Å². The fourth-order valence-electron chi connectivity index (χ4n) is 3.36. The average Bonchev–Trinajstić information content (AvgIpc) is 3.11. The number of nitrogens with one attached hydrogen (secondary N) is 1. The van der Waals surface area contributed by atoms with E-state index in [0.717, 1.165) is 23.2 Å². The number of hydrogen-bond acceptors (Lipinski definition) is 4. The monoisotopic (exact) mass is 414 g/mol. The summed E-state index contributed by atoms with van der Waals surface area (Å²) < 4.78 is 5.16. The highest BCUT2D eigenvalue weighted by atomic mass is 35.5. The summed E-state index contributed by atoms with van der Waals surface area (Å²) >= 11 is 6.04. The Labute approximate surface area is 174 Å². The number of ether oxygens (including phenoxy) is 1. The van der Waals surface area contributed by atoms with Gasteiger partial charge in [-0.2, -0.15) is 0 Å². The van der Waals surface area contributed by atoms with Crippen LogP contribution in [-0.4, -0.2) is 30.9 Å². The van der Waals surface area contributed by atoms with Crippen LogP contribution < -0.4 is 10.2 Å². The third-order valence-corrected chi connectivity index (χ3v) is 5.42. The number of esters is 1. The van der Waals surface area contributed by atoms with Gasteiger partial charge in [-0.05, 0) is 42.7 Å². The smallest absolute Gasteiger partial charge is 0.311 e. The van der Waals surface area contributed by atoms with Crippen LogP contribution in [0.4, 0.5) is 11.4 Å². The van der Waals surface area contributed by atoms with Crippen LogP contribution in [0.1, 0.15) is 24.5 Å². The molecule has 2 aromatic carbocycles. The summed E-state index contributed by atoms with van der Waals surface area (Å²) in [7, 11) is 0. The van der Waals surface area contributed by atoms with E-state index in [9.17, 15) is 14.4 Å². The summed E-state index contributed by atoms with van der Waals surface area (Å²) in [4.78, 5) is 38.6. The second-order valence-corrected chi connectivity index (χ2v) is 7.36. The lowest BCUT2D eigenvalue weighted by Crippen LogP contribution is -2.28. The molecule has 2 amide bonds. The molecule has 29 heavy (non-hydrogen) atoms. The number of rotatable bonds is 6. The van der Waals surface area contributed by atoms with Gasteiger partial charge in [0, 0.05) is 29.4 Å². The predicted molar refractivity (Wildman–Crippen MR) is 112 cm³/mol. The first-order chi connectivity index (χ1) is 13.9. The number of hydrogen-bond donors (Lipinski definition) is 1. The van der Waals surface area contributed by atoms with Crippen LogP contribution >= 0.6 is 11.6 Å². The molecular formula is C22H23ClN2O4. The van der Waals surface area contributed by atoms with Crippen molar-refractivity contribution in [3.63, 3.8) is 0 Å². The van der Waals surface area contributed by atoms with Gasteiger partial charge in [0.15, 0.2) is 6.61 Å². The zero-order chi connectivity index (χ0) is 21.0. The number of amides is 2. The van der Waals surface area contributed by atoms with Crippen LogP contribution in [0.5, 0.6) is 0 Å². The Morgan fingerprint density at radius 3 is 2.72 bits per heavy atom. The van der Waals surface area contributed by atoms with E-state index in [2.05, 4.69) is 5.32 Å². The number of carbonyl (C=O) groups excluding carboxylic acids is 3. The minimum absolute atomic E-state index is 0.0753. The van der Waals surface area contributed by atoms with Crippen LogP contribution in [-0.2, 0) is 25.5 Å². The average molecular weight is 415 g/mol. The molecule has 7 heteroatoms. The number of para-hydroxylation sites is 1. The first kappa shape index (κ1) is 20.9. The zero-order valence-electron chi connectivity index (χ0n) is 16.4. The van der Waals surface area contributed by atoms with Gasteiger partial charge < -0.3 is 15.0 Å². The highest BCUT2D eigenvalue weighted by Gasteiger charge is 2.37. The molecule has 0 aliphatic carbocycles. The third-order valence-electron chi connectivity index (χ3n) is 5.01. The topological polar surface area (TPSA) is 75.7 Å². The van der Waals surface area contributed by atoms with Crippen LogP contribution in [0, 0.1) is 12.8 Å². The summed E-state index contributed by atoms with van der Waals surface area (Å²) in [5.41, 5.74) is 3.17. The second kappa shape index (κ2) is 9.09. The fourth-order valence-corrected chi connectivity index (χ4v) is 3.53. The molecule has 152 valence electrons. The molecule has 0 radical (unpaired) electrons. The van der Waals surface area contributed by atoms with E-state index in [1.54, 1.807) is 30.0 Å². The van der Waals surface area contributed by atoms with Crippen LogP contribution in [0.2, 0.25) is 5.02 Å². The molecule has 1 aliphatic rings. The largest absolute Gasteiger partial charge is 0.455 e. The standard InChI is InChI=1S/C22H23ClN2O4/c1-3-15-7-4-5-10-19(15)25-12-16(11-21(25)27)22(28)29-13-20(26)24-18-9-6-8-17(23)14(18)2/h4-10,16H,3,11-13H2,1-2H3,(H,24,26)/t16-/m1/s1. The van der Waals surface area contributed by atoms with E-state index in [1.807, 2.05) is 31.2 Å². The molecule has 2 aromatic rings. The van der Waals surface area contributed by atoms with Crippen molar-refractivity contribution in [3.8, 4) is 0 Å². The normalized spacial score (nSPS) is 16.0. The molecule has 6 nitrogen and oxygen atoms in total. The molecule has 1 saturated heterocycles. The van der Waals surface area contributed by atoms with E-state index in [-0.39, 0.29) is 18.9 Å². The summed E-state index contributed by atoms with van der Waals surface area (Å²) in [5.74, 6) is -1.71. The molecule has 0 saturated carbocycles. The molecule has 0 spiro atoms. The van der Waals surface area contributed by atoms with Crippen molar-refractivity contribution in [3.05, 3.63) is 58.6 Å². The Morgan fingerprint density at radius 2 is 1.97 bits per heavy atom. The molecule has 1 heterocycles. The molecular weight excluding hydrogens is 392 g/mol. The maximum absolute atomic E-state index is 12.4. The van der Waals surface area contributed by atoms with Crippen molar-refractivity contribution in [2.24, 2.45) is 5.92 Å². The van der Waals surface area contributed by atoms with Gasteiger partial charge in [0.05, 0.1) is 5.92 Å². The molecule has 1 atom stereocenters. The lowest BCUT2D eigenvalue weighted by Gasteiger charge is -2.19. The van der Waals surface area contributed by atoms with E-state index in [0.29, 0.717) is 10.7 Å². The van der Waals surface area contributed by atoms with Gasteiger partial charge in [0.1, 0.15) is 0 Å². The van der Waals surface area contributed by atoms with Gasteiger partial charge in [-0.25, -0.2) is 0 Å². The molecule has 1 fully saturated rings. The van der Waals surface area contributed by atoms with Gasteiger partial charge in [0.2, 0.25) is 5.91 Å². The number of aryl methyl sites for hydroxylation is 1. The Hall–Kier alpha value is -2.86. The third kappa shape index (κ3) is 4.77. The minimum Gasteiger partial charge on any atom is -0.455 e. The second-order valence-electron chi connectivity index (χ2n) is 6.96. The lowest BCUT2D eigenvalue weighted by molar-refractivity contribution is -0.151. The van der Waals surface area contributed by atoms with E-state index < -0.39 is 24.4 Å². The Kier molecular flexibility index (Phi) is 6.54. The molecule has 1 aliphatic heterocycles. The van der Waals surface area contributed by atoms with Crippen molar-refractivity contribution in [1.29, 1.82) is 0 Å². The van der Waals surface area contributed by atoms with E-state index >= 15 is 0 Å². The lowest BCUT2D eigenvalue weighted by atomic mass is 10.1. The first-order valence-electron chi connectivity index (χ1n) is 9.50. The van der Waals surface area contributed by atoms with Crippen molar-refractivity contribution in [1.82, 2.24) is 0 Å². The molecule has 0 aromatic heterocycles. The minimum atomic E-state index is -0.590. The highest BCUT2D eigenvalue weighted by molar-refractivity contribution is 6.31. The maximum Gasteiger partial charge on any atom is 0.311 e. The SMILES string of the molecule is CCc1ccccc1N1C[C@H](C(=O)OCC(=O)Nc2cccc(Cl)c2C)CC1=O. The zero-order valence-corrected chi connectivity index (χ0v) is 17.2. The first-order valence-corrected chi connectivity index (χ1v) is 9.88. The number of anilines is 2. The Morgan fingerprint density at radius 1 is 1.21 bits per heavy atom. The van der Waals surface area contributed by atoms with Crippen molar-refractivity contribution in [2.75, 3.05) is 23.4 Å². The Balaban J connectivity index is 1.57. The number of halogens is 1. The van der Waals surface area contributed by atoms with Crippen molar-refractivity contribution >= 4 is 40.8 Å². The van der Waals surface area contributed by atoms with Crippen molar-refractivity contribution in [2.45, 2.75) is 26.7 Å². The van der Waals surface area contributed by atoms with Crippen molar-refractivity contribution < 1.29 is 19.1 Å². The molecule has 3 rings (SSSR count). The number of carbonyl (C=O) groups is 3. The maximum atomic E-state index is 12.4. The van der Waals surface area contributed by atoms with Gasteiger partial charge in [-0.1, -0.05) is 42.8 Å². The highest BCUT2D eigenvalue weighted by Crippen LogP contribution is 2.29. The molecule has 1 N–H and O–H groups in total. The van der Waals surface area contributed by atoms with Gasteiger partial charge in [-0.3, -0.25) is 14.4 Å². The molecule has 0 bridgehead atoms. The number of nitrogens with zero attached hydrogens (tertiary/aromatic N) is 1. The van der Waals surface area contributed by atoms with Crippen LogP contribution in [0.25, 0.3) is 0 Å². The van der Waals surface area contributed by atoms with Gasteiger partial charge >= 0.3 is 5.97 Å². The van der Waals surface area contributed by atoms with Gasteiger partial charge in [0.25, 0.3) is 5.91 Å². The van der Waals surface area contributed by atoms with E-state index in [4.69, 9.17) is 16.3 Å². The van der Waals surface area contributed by atoms with E-state index in [1.165, 1.54) is 0 Å². The summed E-state index contributed by atoms with van der Waals surface area (Å²) in [6.07, 6.45) is 0.865. The number of benzene rings is 2. The van der Waals surface area contributed by atoms with Crippen LogP contribution in [0.3, 0.4) is 0 Å². The summed E-state index contributed by atoms with van der Waals surface area (Å²) in [5, 5.41) is 3.22. The quantitative estimate of drug-likeness (QED) is 0.730. The van der Waals surface area contributed by atoms with Gasteiger partial charge in [-0.15, -0.1) is 0 Å². The summed E-state index contributed by atoms with van der Waals surface area (Å²) in [6.45, 7) is 3.65. The predicted octanol–water partition coefficient (Wildman–Crippen LogP) is 3.75.